The molecule has 15 heteroatoms. The van der Waals surface area contributed by atoms with Crippen molar-refractivity contribution in [1.29, 1.82) is 0 Å². The van der Waals surface area contributed by atoms with E-state index < -0.39 is 42.1 Å². The Hall–Kier alpha value is -3.30. The first-order valence-electron chi connectivity index (χ1n) is 10.2. The fourth-order valence-electron chi connectivity index (χ4n) is 3.37. The van der Waals surface area contributed by atoms with Crippen molar-refractivity contribution in [2.45, 2.75) is 50.7 Å². The van der Waals surface area contributed by atoms with Crippen LogP contribution in [0.2, 0.25) is 0 Å². The van der Waals surface area contributed by atoms with E-state index >= 15 is 0 Å². The number of carbonyl (C=O) groups excluding carboxylic acids is 1. The van der Waals surface area contributed by atoms with Crippen molar-refractivity contribution in [2.24, 2.45) is 0 Å². The van der Waals surface area contributed by atoms with Crippen molar-refractivity contribution in [2.75, 3.05) is 18.9 Å². The van der Waals surface area contributed by atoms with Crippen LogP contribution in [0.4, 0.5) is 14.6 Å². The van der Waals surface area contributed by atoms with E-state index in [9.17, 15) is 23.8 Å². The SMILES string of the molecule is CCCNc1nc(-n2cc(C(C)(F)F)nn2)nc2c1ncn2C1O[C@H](C(=O)NC)[C@@H](O)[C@H]1O. The maximum atomic E-state index is 13.6. The Morgan fingerprint density at radius 3 is 2.70 bits per heavy atom. The molecule has 0 aliphatic carbocycles. The third-order valence-corrected chi connectivity index (χ3v) is 5.12. The van der Waals surface area contributed by atoms with Crippen molar-refractivity contribution < 1.29 is 28.5 Å². The predicted octanol–water partition coefficient (Wildman–Crippen LogP) is -0.294. The Morgan fingerprint density at radius 2 is 2.06 bits per heavy atom. The zero-order valence-electron chi connectivity index (χ0n) is 18.0. The van der Waals surface area contributed by atoms with Crippen LogP contribution < -0.4 is 10.6 Å². The molecule has 1 aliphatic rings. The standard InChI is InChI=1S/C18H23F2N9O4/c1-4-5-22-13-9-14(25-17(24-13)29-6-8(26-27-29)18(2,19)20)28(7-23-9)16-11(31)10(30)12(33-16)15(32)21-3/h6-7,10-12,16,30-31H,4-5H2,1-3H3,(H,21,32)(H,22,24,25)/t10-,11+,12-,16?/m0/s1. The highest BCUT2D eigenvalue weighted by atomic mass is 19.3. The summed E-state index contributed by atoms with van der Waals surface area (Å²) in [5, 5.41) is 33.4. The van der Waals surface area contributed by atoms with Crippen LogP contribution in [0.1, 0.15) is 32.2 Å². The molecule has 1 fully saturated rings. The van der Waals surface area contributed by atoms with Crippen molar-refractivity contribution >= 4 is 22.9 Å². The topological polar surface area (TPSA) is 165 Å². The number of ether oxygens (including phenoxy) is 1. The van der Waals surface area contributed by atoms with Crippen LogP contribution in [0, 0.1) is 0 Å². The van der Waals surface area contributed by atoms with E-state index in [4.69, 9.17) is 4.74 Å². The van der Waals surface area contributed by atoms with Gasteiger partial charge in [-0.1, -0.05) is 12.1 Å². The number of carbonyl (C=O) groups is 1. The van der Waals surface area contributed by atoms with E-state index in [2.05, 4.69) is 35.9 Å². The third kappa shape index (κ3) is 4.09. The second-order valence-electron chi connectivity index (χ2n) is 7.60. The molecule has 3 aromatic heterocycles. The third-order valence-electron chi connectivity index (χ3n) is 5.12. The molecule has 0 bridgehead atoms. The summed E-state index contributed by atoms with van der Waals surface area (Å²) in [4.78, 5) is 25.0. The number of nitrogens with one attached hydrogen (secondary N) is 2. The maximum absolute atomic E-state index is 13.6. The van der Waals surface area contributed by atoms with E-state index in [1.165, 1.54) is 17.9 Å². The number of hydrogen-bond donors (Lipinski definition) is 4. The Kier molecular flexibility index (Phi) is 5.94. The molecule has 13 nitrogen and oxygen atoms in total. The lowest BCUT2D eigenvalue weighted by atomic mass is 10.1. The monoisotopic (exact) mass is 467 g/mol. The van der Waals surface area contributed by atoms with Crippen LogP contribution in [0.25, 0.3) is 17.1 Å². The van der Waals surface area contributed by atoms with Crippen LogP contribution in [-0.4, -0.2) is 82.5 Å². The van der Waals surface area contributed by atoms with E-state index in [1.54, 1.807) is 0 Å². The number of nitrogens with zero attached hydrogens (tertiary/aromatic N) is 7. The second kappa shape index (κ2) is 8.57. The van der Waals surface area contributed by atoms with Crippen molar-refractivity contribution in [3.63, 3.8) is 0 Å². The molecule has 1 aliphatic heterocycles. The number of likely N-dealkylation sites (N-methyl/N-ethyl adjacent to an activating group) is 1. The molecule has 0 spiro atoms. The molecule has 1 saturated heterocycles. The lowest BCUT2D eigenvalue weighted by Crippen LogP contribution is -2.41. The molecular formula is C18H23F2N9O4. The summed E-state index contributed by atoms with van der Waals surface area (Å²) < 4.78 is 35.2. The fraction of sp³-hybridized carbons (Fsp3) is 0.556. The molecular weight excluding hydrogens is 444 g/mol. The average molecular weight is 467 g/mol. The highest BCUT2D eigenvalue weighted by Gasteiger charge is 2.47. The minimum Gasteiger partial charge on any atom is -0.387 e. The molecule has 0 radical (unpaired) electrons. The molecule has 4 rings (SSSR count). The van der Waals surface area contributed by atoms with Crippen molar-refractivity contribution in [3.8, 4) is 5.95 Å². The first-order chi connectivity index (χ1) is 15.7. The minimum atomic E-state index is -3.21. The van der Waals surface area contributed by atoms with Gasteiger partial charge in [0.25, 0.3) is 17.8 Å². The van der Waals surface area contributed by atoms with Gasteiger partial charge in [-0.25, -0.2) is 4.98 Å². The summed E-state index contributed by atoms with van der Waals surface area (Å²) in [7, 11) is 1.38. The van der Waals surface area contributed by atoms with Crippen LogP contribution in [0.15, 0.2) is 12.5 Å². The van der Waals surface area contributed by atoms with E-state index in [0.29, 0.717) is 24.8 Å². The molecule has 4 atom stereocenters. The van der Waals surface area contributed by atoms with Gasteiger partial charge >= 0.3 is 0 Å². The number of aliphatic hydroxyl groups excluding tert-OH is 2. The number of anilines is 1. The summed E-state index contributed by atoms with van der Waals surface area (Å²) >= 11 is 0. The number of aromatic nitrogens is 7. The summed E-state index contributed by atoms with van der Waals surface area (Å²) in [6, 6.07) is 0. The van der Waals surface area contributed by atoms with Crippen LogP contribution in [-0.2, 0) is 15.5 Å². The molecule has 33 heavy (non-hydrogen) atoms. The van der Waals surface area contributed by atoms with Gasteiger partial charge in [-0.3, -0.25) is 9.36 Å². The van der Waals surface area contributed by atoms with E-state index in [0.717, 1.165) is 17.3 Å². The summed E-state index contributed by atoms with van der Waals surface area (Å²) in [5.41, 5.74) is -0.0939. The molecule has 4 heterocycles. The largest absolute Gasteiger partial charge is 0.387 e. The first kappa shape index (κ1) is 22.9. The zero-order chi connectivity index (χ0) is 23.9. The van der Waals surface area contributed by atoms with E-state index in [-0.39, 0.29) is 11.6 Å². The molecule has 1 unspecified atom stereocenters. The van der Waals surface area contributed by atoms with Crippen LogP contribution in [0.3, 0.4) is 0 Å². The van der Waals surface area contributed by atoms with Gasteiger partial charge in [0.2, 0.25) is 0 Å². The first-order valence-corrected chi connectivity index (χ1v) is 10.2. The van der Waals surface area contributed by atoms with Gasteiger partial charge in [-0.2, -0.15) is 23.4 Å². The summed E-state index contributed by atoms with van der Waals surface area (Å²) in [5.74, 6) is -3.60. The maximum Gasteiger partial charge on any atom is 0.290 e. The number of fused-ring (bicyclic) bond motifs is 1. The molecule has 178 valence electrons. The predicted molar refractivity (Wildman–Crippen MR) is 109 cm³/mol. The molecule has 0 aromatic carbocycles. The minimum absolute atomic E-state index is 0.0817. The fourth-order valence-corrected chi connectivity index (χ4v) is 3.37. The number of halogens is 2. The Balaban J connectivity index is 1.80. The second-order valence-corrected chi connectivity index (χ2v) is 7.60. The van der Waals surface area contributed by atoms with Crippen molar-refractivity contribution in [1.82, 2.24) is 39.8 Å². The number of imidazole rings is 1. The van der Waals surface area contributed by atoms with Gasteiger partial charge in [0.1, 0.15) is 12.2 Å². The zero-order valence-corrected chi connectivity index (χ0v) is 18.0. The van der Waals surface area contributed by atoms with Gasteiger partial charge in [0.15, 0.2) is 35.0 Å². The van der Waals surface area contributed by atoms with Crippen molar-refractivity contribution in [3.05, 3.63) is 18.2 Å². The van der Waals surface area contributed by atoms with Crippen LogP contribution in [0.5, 0.6) is 0 Å². The van der Waals surface area contributed by atoms with Gasteiger partial charge in [0.05, 0.1) is 12.5 Å². The average Bonchev–Trinajstić information content (AvgIpc) is 3.50. The van der Waals surface area contributed by atoms with Crippen LogP contribution >= 0.6 is 0 Å². The highest BCUT2D eigenvalue weighted by Crippen LogP contribution is 2.33. The number of hydrogen-bond acceptors (Lipinski definition) is 10. The number of amides is 1. The number of aliphatic hydroxyl groups is 2. The van der Waals surface area contributed by atoms with E-state index in [1.807, 2.05) is 6.92 Å². The smallest absolute Gasteiger partial charge is 0.290 e. The van der Waals surface area contributed by atoms with Gasteiger partial charge < -0.3 is 25.6 Å². The Bertz CT molecular complexity index is 1160. The lowest BCUT2D eigenvalue weighted by Gasteiger charge is -2.17. The Labute approximate surface area is 185 Å². The Morgan fingerprint density at radius 1 is 1.30 bits per heavy atom. The molecule has 0 saturated carbocycles. The highest BCUT2D eigenvalue weighted by molar-refractivity contribution is 5.84. The lowest BCUT2D eigenvalue weighted by molar-refractivity contribution is -0.137. The number of alkyl halides is 2. The summed E-state index contributed by atoms with van der Waals surface area (Å²) in [6.45, 7) is 3.18. The van der Waals surface area contributed by atoms with Gasteiger partial charge in [0, 0.05) is 20.5 Å². The van der Waals surface area contributed by atoms with Gasteiger partial charge in [-0.15, -0.1) is 5.10 Å². The normalized spacial score (nSPS) is 23.2. The molecule has 1 amide bonds. The molecule has 4 N–H and O–H groups in total. The quantitative estimate of drug-likeness (QED) is 0.363. The van der Waals surface area contributed by atoms with Gasteiger partial charge in [-0.05, 0) is 6.42 Å². The molecule has 3 aromatic rings. The number of rotatable bonds is 7. The summed E-state index contributed by atoms with van der Waals surface area (Å²) in [6.07, 6.45) is -2.36.